The molecule has 3 rings (SSSR count). The summed E-state index contributed by atoms with van der Waals surface area (Å²) >= 11 is 0. The van der Waals surface area contributed by atoms with E-state index in [1.54, 1.807) is 29.8 Å². The van der Waals surface area contributed by atoms with Gasteiger partial charge in [0.2, 0.25) is 0 Å². The van der Waals surface area contributed by atoms with E-state index >= 15 is 0 Å². The molecule has 0 fully saturated rings. The van der Waals surface area contributed by atoms with Gasteiger partial charge in [-0.25, -0.2) is 10.1 Å². The number of benzene rings is 2. The van der Waals surface area contributed by atoms with Crippen LogP contribution in [0.2, 0.25) is 0 Å². The van der Waals surface area contributed by atoms with E-state index in [1.165, 1.54) is 20.5 Å². The fourth-order valence-electron chi connectivity index (χ4n) is 2.39. The topological polar surface area (TPSA) is 104 Å². The molecule has 0 atom stereocenters. The molecule has 0 saturated heterocycles. The number of nitrogens with one attached hydrogen (secondary N) is 1. The molecule has 138 valence electrons. The molecular weight excluding hydrogens is 348 g/mol. The first-order valence-electron chi connectivity index (χ1n) is 8.03. The van der Waals surface area contributed by atoms with E-state index in [2.05, 4.69) is 26.1 Å². The molecule has 0 aliphatic carbocycles. The Hall–Kier alpha value is -3.75. The van der Waals surface area contributed by atoms with Gasteiger partial charge in [0, 0.05) is 5.56 Å². The molecule has 0 aliphatic heterocycles. The first kappa shape index (κ1) is 18.1. The fourth-order valence-corrected chi connectivity index (χ4v) is 2.39. The number of hydrogen-bond donors (Lipinski definition) is 1. The molecular formula is C18H18N6O3. The molecule has 0 radical (unpaired) electrons. The molecule has 1 N–H and O–H groups in total. The van der Waals surface area contributed by atoms with Crippen LogP contribution >= 0.6 is 0 Å². The molecule has 1 amide bonds. The van der Waals surface area contributed by atoms with E-state index in [9.17, 15) is 4.79 Å². The van der Waals surface area contributed by atoms with E-state index in [0.717, 1.165) is 11.3 Å². The lowest BCUT2D eigenvalue weighted by atomic mass is 10.1. The summed E-state index contributed by atoms with van der Waals surface area (Å²) in [6, 6.07) is 12.4. The van der Waals surface area contributed by atoms with Gasteiger partial charge in [-0.15, -0.1) is 5.10 Å². The number of nitrogens with zero attached hydrogens (tertiary/aromatic N) is 5. The first-order valence-corrected chi connectivity index (χ1v) is 8.03. The second-order valence-electron chi connectivity index (χ2n) is 5.51. The van der Waals surface area contributed by atoms with Crippen LogP contribution in [0.1, 0.15) is 22.8 Å². The highest BCUT2D eigenvalue weighted by atomic mass is 16.5. The minimum Gasteiger partial charge on any atom is -0.493 e. The second kappa shape index (κ2) is 8.09. The smallest absolute Gasteiger partial charge is 0.271 e. The summed E-state index contributed by atoms with van der Waals surface area (Å²) in [7, 11) is 3.05. The number of amides is 1. The highest BCUT2D eigenvalue weighted by Crippen LogP contribution is 2.27. The van der Waals surface area contributed by atoms with Gasteiger partial charge in [0.25, 0.3) is 5.91 Å². The lowest BCUT2D eigenvalue weighted by molar-refractivity contribution is 0.0954. The Labute approximate surface area is 155 Å². The van der Waals surface area contributed by atoms with Crippen LogP contribution in [0, 0.1) is 0 Å². The van der Waals surface area contributed by atoms with Gasteiger partial charge in [0.15, 0.2) is 11.5 Å². The molecule has 1 heterocycles. The van der Waals surface area contributed by atoms with Gasteiger partial charge >= 0.3 is 0 Å². The Bertz CT molecular complexity index is 969. The third kappa shape index (κ3) is 4.09. The second-order valence-corrected chi connectivity index (χ2v) is 5.51. The zero-order chi connectivity index (χ0) is 19.2. The van der Waals surface area contributed by atoms with Crippen molar-refractivity contribution in [2.24, 2.45) is 5.10 Å². The summed E-state index contributed by atoms with van der Waals surface area (Å²) in [5.74, 6) is 0.667. The Balaban J connectivity index is 1.76. The summed E-state index contributed by atoms with van der Waals surface area (Å²) in [5, 5.41) is 15.3. The standard InChI is InChI=1S/C18H18N6O3/c1-12(13-5-4-6-15(9-13)24-11-19-22-23-24)20-21-18(25)14-7-8-16(26-2)17(10-14)27-3/h4-11H,1-3H3,(H,21,25)/b20-12+. The average molecular weight is 366 g/mol. The average Bonchev–Trinajstić information content (AvgIpc) is 3.26. The number of hydrazone groups is 1. The summed E-state index contributed by atoms with van der Waals surface area (Å²) < 4.78 is 11.9. The van der Waals surface area contributed by atoms with Crippen molar-refractivity contribution in [2.75, 3.05) is 14.2 Å². The van der Waals surface area contributed by atoms with Crippen molar-refractivity contribution in [3.8, 4) is 17.2 Å². The molecule has 3 aromatic rings. The maximum Gasteiger partial charge on any atom is 0.271 e. The van der Waals surface area contributed by atoms with Crippen LogP contribution in [0.5, 0.6) is 11.5 Å². The number of ether oxygens (including phenoxy) is 2. The zero-order valence-electron chi connectivity index (χ0n) is 15.1. The zero-order valence-corrected chi connectivity index (χ0v) is 15.1. The molecule has 0 aliphatic rings. The molecule has 0 unspecified atom stereocenters. The Morgan fingerprint density at radius 1 is 1.07 bits per heavy atom. The van der Waals surface area contributed by atoms with Gasteiger partial charge in [-0.05, 0) is 53.2 Å². The number of carbonyl (C=O) groups is 1. The Morgan fingerprint density at radius 2 is 1.89 bits per heavy atom. The minimum absolute atomic E-state index is 0.355. The van der Waals surface area contributed by atoms with Crippen molar-refractivity contribution >= 4 is 11.6 Å². The number of hydrogen-bond acceptors (Lipinski definition) is 7. The largest absolute Gasteiger partial charge is 0.493 e. The van der Waals surface area contributed by atoms with Gasteiger partial charge in [0.1, 0.15) is 6.33 Å². The monoisotopic (exact) mass is 366 g/mol. The molecule has 27 heavy (non-hydrogen) atoms. The summed E-state index contributed by atoms with van der Waals surface area (Å²) in [4.78, 5) is 12.4. The Kier molecular flexibility index (Phi) is 5.41. The highest BCUT2D eigenvalue weighted by molar-refractivity contribution is 6.01. The molecule has 0 spiro atoms. The third-order valence-corrected chi connectivity index (χ3v) is 3.85. The first-order chi connectivity index (χ1) is 13.1. The van der Waals surface area contributed by atoms with Crippen molar-refractivity contribution in [2.45, 2.75) is 6.92 Å². The van der Waals surface area contributed by atoms with Gasteiger partial charge in [-0.3, -0.25) is 4.79 Å². The molecule has 9 heteroatoms. The lowest BCUT2D eigenvalue weighted by Crippen LogP contribution is -2.19. The summed E-state index contributed by atoms with van der Waals surface area (Å²) in [6.45, 7) is 1.80. The SMILES string of the molecule is COc1ccc(C(=O)N/N=C(\C)c2cccc(-n3cnnn3)c2)cc1OC. The fraction of sp³-hybridized carbons (Fsp3) is 0.167. The molecule has 2 aromatic carbocycles. The van der Waals surface area contributed by atoms with Gasteiger partial charge in [-0.2, -0.15) is 5.10 Å². The molecule has 0 saturated carbocycles. The van der Waals surface area contributed by atoms with E-state index in [-0.39, 0.29) is 5.91 Å². The third-order valence-electron chi connectivity index (χ3n) is 3.85. The van der Waals surface area contributed by atoms with Crippen LogP contribution < -0.4 is 14.9 Å². The van der Waals surface area contributed by atoms with Crippen LogP contribution in [0.4, 0.5) is 0 Å². The normalized spacial score (nSPS) is 11.1. The molecule has 9 nitrogen and oxygen atoms in total. The van der Waals surface area contributed by atoms with Crippen LogP contribution in [0.3, 0.4) is 0 Å². The van der Waals surface area contributed by atoms with Crippen molar-refractivity contribution in [3.05, 3.63) is 59.9 Å². The molecule has 1 aromatic heterocycles. The molecule has 0 bridgehead atoms. The Morgan fingerprint density at radius 3 is 2.59 bits per heavy atom. The predicted octanol–water partition coefficient (Wildman–Crippen LogP) is 1.83. The van der Waals surface area contributed by atoms with E-state index in [0.29, 0.717) is 22.8 Å². The van der Waals surface area contributed by atoms with Crippen molar-refractivity contribution in [1.82, 2.24) is 25.6 Å². The highest BCUT2D eigenvalue weighted by Gasteiger charge is 2.10. The maximum absolute atomic E-state index is 12.4. The number of methoxy groups -OCH3 is 2. The van der Waals surface area contributed by atoms with Gasteiger partial charge < -0.3 is 9.47 Å². The maximum atomic E-state index is 12.4. The van der Waals surface area contributed by atoms with E-state index in [1.807, 2.05) is 24.3 Å². The number of tetrazole rings is 1. The minimum atomic E-state index is -0.355. The van der Waals surface area contributed by atoms with E-state index in [4.69, 9.17) is 9.47 Å². The lowest BCUT2D eigenvalue weighted by Gasteiger charge is -2.09. The van der Waals surface area contributed by atoms with Crippen LogP contribution in [0.15, 0.2) is 53.9 Å². The van der Waals surface area contributed by atoms with E-state index < -0.39 is 0 Å². The van der Waals surface area contributed by atoms with Crippen molar-refractivity contribution in [3.63, 3.8) is 0 Å². The number of rotatable bonds is 6. The summed E-state index contributed by atoms with van der Waals surface area (Å²) in [5.41, 5.74) is 5.21. The van der Waals surface area contributed by atoms with Crippen molar-refractivity contribution in [1.29, 1.82) is 0 Å². The van der Waals surface area contributed by atoms with Crippen LogP contribution in [-0.4, -0.2) is 46.0 Å². The van der Waals surface area contributed by atoms with Gasteiger partial charge in [-0.1, -0.05) is 12.1 Å². The van der Waals surface area contributed by atoms with Crippen molar-refractivity contribution < 1.29 is 14.3 Å². The van der Waals surface area contributed by atoms with Gasteiger partial charge in [0.05, 0.1) is 25.6 Å². The van der Waals surface area contributed by atoms with Crippen LogP contribution in [0.25, 0.3) is 5.69 Å². The number of aromatic nitrogens is 4. The number of carbonyl (C=O) groups excluding carboxylic acids is 1. The predicted molar refractivity (Wildman–Crippen MR) is 98.4 cm³/mol. The summed E-state index contributed by atoms with van der Waals surface area (Å²) in [6.07, 6.45) is 1.50. The quantitative estimate of drug-likeness (QED) is 0.527. The van der Waals surface area contributed by atoms with Crippen LogP contribution in [-0.2, 0) is 0 Å².